The molecule has 1 N–H and O–H groups in total. The van der Waals surface area contributed by atoms with Crippen molar-refractivity contribution in [1.29, 1.82) is 0 Å². The van der Waals surface area contributed by atoms with Gasteiger partial charge in [0, 0.05) is 13.1 Å². The van der Waals surface area contributed by atoms with Gasteiger partial charge in [0.15, 0.2) is 6.61 Å². The number of nitrogens with zero attached hydrogens (tertiary/aromatic N) is 1. The van der Waals surface area contributed by atoms with E-state index in [0.717, 1.165) is 40.8 Å². The normalized spacial score (nSPS) is 11.6. The summed E-state index contributed by atoms with van der Waals surface area (Å²) >= 11 is 0. The first-order chi connectivity index (χ1) is 15.8. The van der Waals surface area contributed by atoms with Gasteiger partial charge in [-0.15, -0.1) is 0 Å². The molecule has 0 fully saturated rings. The maximum absolute atomic E-state index is 13.4. The number of nitrogens with one attached hydrogen (secondary N) is 1. The van der Waals surface area contributed by atoms with Gasteiger partial charge >= 0.3 is 0 Å². The topological polar surface area (TPSA) is 67.9 Å². The molecule has 33 heavy (non-hydrogen) atoms. The number of ether oxygens (including phenoxy) is 2. The van der Waals surface area contributed by atoms with Gasteiger partial charge in [-0.2, -0.15) is 0 Å². The van der Waals surface area contributed by atoms with E-state index < -0.39 is 6.04 Å². The van der Waals surface area contributed by atoms with Crippen molar-refractivity contribution in [3.8, 4) is 11.5 Å². The molecule has 0 aliphatic carbocycles. The van der Waals surface area contributed by atoms with Crippen LogP contribution in [0.3, 0.4) is 0 Å². The number of methoxy groups -OCH3 is 1. The van der Waals surface area contributed by atoms with E-state index in [1.165, 1.54) is 0 Å². The summed E-state index contributed by atoms with van der Waals surface area (Å²) < 4.78 is 11.2. The molecule has 0 bridgehead atoms. The summed E-state index contributed by atoms with van der Waals surface area (Å²) in [6.45, 7) is 10.8. The monoisotopic (exact) mass is 454 g/mol. The summed E-state index contributed by atoms with van der Waals surface area (Å²) in [5, 5.41) is 2.98. The molecular weight excluding hydrogens is 416 g/mol. The number of carbonyl (C=O) groups excluding carboxylic acids is 2. The van der Waals surface area contributed by atoms with Gasteiger partial charge in [0.1, 0.15) is 17.5 Å². The average molecular weight is 455 g/mol. The van der Waals surface area contributed by atoms with Crippen molar-refractivity contribution in [2.45, 2.75) is 66.5 Å². The standard InChI is InChI=1S/C27H38N2O4/c1-7-9-14-28-27(31)24(8-2)29(17-22-10-12-23(32-6)13-11-22)26(30)18-33-25-16-19(3)15-20(4)21(25)5/h10-13,15-16,24H,7-9,14,17-18H2,1-6H3,(H,28,31). The number of hydrogen-bond donors (Lipinski definition) is 1. The van der Waals surface area contributed by atoms with E-state index in [1.807, 2.05) is 58.0 Å². The first-order valence-electron chi connectivity index (χ1n) is 11.7. The van der Waals surface area contributed by atoms with Crippen molar-refractivity contribution in [2.24, 2.45) is 0 Å². The summed E-state index contributed by atoms with van der Waals surface area (Å²) in [5.74, 6) is 1.09. The highest BCUT2D eigenvalue weighted by Crippen LogP contribution is 2.24. The van der Waals surface area contributed by atoms with Gasteiger partial charge in [0.05, 0.1) is 7.11 Å². The van der Waals surface area contributed by atoms with Crippen molar-refractivity contribution >= 4 is 11.8 Å². The fourth-order valence-electron chi connectivity index (χ4n) is 3.73. The predicted molar refractivity (Wildman–Crippen MR) is 132 cm³/mol. The molecule has 6 heteroatoms. The van der Waals surface area contributed by atoms with Crippen LogP contribution in [0.4, 0.5) is 0 Å². The second kappa shape index (κ2) is 12.9. The molecule has 0 saturated heterocycles. The fraction of sp³-hybridized carbons (Fsp3) is 0.481. The fourth-order valence-corrected chi connectivity index (χ4v) is 3.73. The van der Waals surface area contributed by atoms with Crippen molar-refractivity contribution in [3.05, 3.63) is 58.7 Å². The van der Waals surface area contributed by atoms with Gasteiger partial charge < -0.3 is 19.7 Å². The lowest BCUT2D eigenvalue weighted by Gasteiger charge is -2.30. The minimum absolute atomic E-state index is 0.126. The molecule has 2 aromatic carbocycles. The number of amides is 2. The molecule has 180 valence electrons. The van der Waals surface area contributed by atoms with E-state index in [4.69, 9.17) is 9.47 Å². The van der Waals surface area contributed by atoms with E-state index in [9.17, 15) is 9.59 Å². The lowest BCUT2D eigenvalue weighted by Crippen LogP contribution is -2.50. The summed E-state index contributed by atoms with van der Waals surface area (Å²) in [5.41, 5.74) is 4.14. The van der Waals surface area contributed by atoms with E-state index in [0.29, 0.717) is 25.3 Å². The van der Waals surface area contributed by atoms with E-state index in [2.05, 4.69) is 18.3 Å². The van der Waals surface area contributed by atoms with Crippen LogP contribution in [0.2, 0.25) is 0 Å². The third-order valence-corrected chi connectivity index (χ3v) is 5.84. The third-order valence-electron chi connectivity index (χ3n) is 5.84. The number of hydrogen-bond acceptors (Lipinski definition) is 4. The summed E-state index contributed by atoms with van der Waals surface area (Å²) in [4.78, 5) is 27.9. The van der Waals surface area contributed by atoms with Gasteiger partial charge in [0.2, 0.25) is 5.91 Å². The van der Waals surface area contributed by atoms with E-state index in [1.54, 1.807) is 12.0 Å². The van der Waals surface area contributed by atoms with Crippen molar-refractivity contribution in [1.82, 2.24) is 10.2 Å². The highest BCUT2D eigenvalue weighted by molar-refractivity contribution is 5.88. The molecule has 0 radical (unpaired) electrons. The van der Waals surface area contributed by atoms with Gasteiger partial charge in [-0.25, -0.2) is 0 Å². The Labute approximate surface area is 198 Å². The SMILES string of the molecule is CCCCNC(=O)C(CC)N(Cc1ccc(OC)cc1)C(=O)COc1cc(C)cc(C)c1C. The minimum Gasteiger partial charge on any atom is -0.497 e. The van der Waals surface area contributed by atoms with Crippen LogP contribution >= 0.6 is 0 Å². The number of unbranched alkanes of at least 4 members (excludes halogenated alkanes) is 1. The Morgan fingerprint density at radius 2 is 1.76 bits per heavy atom. The van der Waals surface area contributed by atoms with Crippen molar-refractivity contribution in [2.75, 3.05) is 20.3 Å². The Bertz CT molecular complexity index is 924. The lowest BCUT2D eigenvalue weighted by atomic mass is 10.1. The maximum atomic E-state index is 13.4. The first-order valence-corrected chi connectivity index (χ1v) is 11.7. The molecule has 0 aliphatic heterocycles. The molecule has 2 amide bonds. The van der Waals surface area contributed by atoms with Crippen LogP contribution in [0, 0.1) is 20.8 Å². The Hall–Kier alpha value is -3.02. The summed E-state index contributed by atoms with van der Waals surface area (Å²) in [6.07, 6.45) is 2.42. The van der Waals surface area contributed by atoms with Crippen LogP contribution in [-0.4, -0.2) is 43.0 Å². The first kappa shape index (κ1) is 26.2. The lowest BCUT2D eigenvalue weighted by molar-refractivity contribution is -0.143. The van der Waals surface area contributed by atoms with Crippen LogP contribution in [0.1, 0.15) is 55.4 Å². The average Bonchev–Trinajstić information content (AvgIpc) is 2.80. The Kier molecular flexibility index (Phi) is 10.2. The largest absolute Gasteiger partial charge is 0.497 e. The van der Waals surface area contributed by atoms with Crippen molar-refractivity contribution in [3.63, 3.8) is 0 Å². The quantitative estimate of drug-likeness (QED) is 0.471. The zero-order valence-corrected chi connectivity index (χ0v) is 20.9. The van der Waals surface area contributed by atoms with Crippen LogP contribution < -0.4 is 14.8 Å². The number of rotatable bonds is 12. The second-order valence-corrected chi connectivity index (χ2v) is 8.43. The highest BCUT2D eigenvalue weighted by atomic mass is 16.5. The molecule has 0 aliphatic rings. The summed E-state index contributed by atoms with van der Waals surface area (Å²) in [7, 11) is 1.62. The summed E-state index contributed by atoms with van der Waals surface area (Å²) in [6, 6.07) is 11.0. The van der Waals surface area contributed by atoms with Crippen LogP contribution in [0.25, 0.3) is 0 Å². The van der Waals surface area contributed by atoms with E-state index >= 15 is 0 Å². The zero-order valence-electron chi connectivity index (χ0n) is 20.9. The maximum Gasteiger partial charge on any atom is 0.261 e. The van der Waals surface area contributed by atoms with Crippen LogP contribution in [0.15, 0.2) is 36.4 Å². The molecule has 1 atom stereocenters. The molecule has 2 aromatic rings. The molecule has 2 rings (SSSR count). The highest BCUT2D eigenvalue weighted by Gasteiger charge is 2.29. The molecule has 0 saturated carbocycles. The number of carbonyl (C=O) groups is 2. The molecule has 6 nitrogen and oxygen atoms in total. The molecule has 1 unspecified atom stereocenters. The molecular formula is C27H38N2O4. The smallest absolute Gasteiger partial charge is 0.261 e. The Balaban J connectivity index is 2.23. The van der Waals surface area contributed by atoms with Gasteiger partial charge in [-0.05, 0) is 74.1 Å². The number of aryl methyl sites for hydroxylation is 2. The number of benzene rings is 2. The van der Waals surface area contributed by atoms with Crippen LogP contribution in [0.5, 0.6) is 11.5 Å². The minimum atomic E-state index is -0.569. The molecule has 0 aromatic heterocycles. The third kappa shape index (κ3) is 7.52. The molecule has 0 heterocycles. The van der Waals surface area contributed by atoms with Crippen LogP contribution in [-0.2, 0) is 16.1 Å². The Morgan fingerprint density at radius 1 is 1.06 bits per heavy atom. The van der Waals surface area contributed by atoms with Gasteiger partial charge in [-0.3, -0.25) is 9.59 Å². The zero-order chi connectivity index (χ0) is 24.4. The molecule has 0 spiro atoms. The van der Waals surface area contributed by atoms with Gasteiger partial charge in [0.25, 0.3) is 5.91 Å². The van der Waals surface area contributed by atoms with Crippen molar-refractivity contribution < 1.29 is 19.1 Å². The second-order valence-electron chi connectivity index (χ2n) is 8.43. The predicted octanol–water partition coefficient (Wildman–Crippen LogP) is 4.72. The Morgan fingerprint density at radius 3 is 2.36 bits per heavy atom. The van der Waals surface area contributed by atoms with E-state index in [-0.39, 0.29) is 18.4 Å². The van der Waals surface area contributed by atoms with Gasteiger partial charge in [-0.1, -0.05) is 38.5 Å².